The lowest BCUT2D eigenvalue weighted by molar-refractivity contribution is -0.142. The van der Waals surface area contributed by atoms with E-state index < -0.39 is 50.3 Å². The number of imidazole rings is 1. The minimum Gasteiger partial charge on any atom is -0.468 e. The van der Waals surface area contributed by atoms with Crippen molar-refractivity contribution in [2.24, 2.45) is 0 Å². The zero-order valence-electron chi connectivity index (χ0n) is 21.9. The van der Waals surface area contributed by atoms with Crippen LogP contribution in [0.2, 0.25) is 0 Å². The number of rotatable bonds is 9. The molecule has 1 unspecified atom stereocenters. The molecule has 14 nitrogen and oxygen atoms in total. The first-order valence-corrected chi connectivity index (χ1v) is 13.9. The van der Waals surface area contributed by atoms with Crippen molar-refractivity contribution >= 4 is 36.0 Å². The molecule has 15 heteroatoms. The lowest BCUT2D eigenvalue weighted by Crippen LogP contribution is -2.43. The molecule has 0 radical (unpaired) electrons. The Balaban J connectivity index is 1.41. The summed E-state index contributed by atoms with van der Waals surface area (Å²) in [5.74, 6) is -0.331. The van der Waals surface area contributed by atoms with Crippen molar-refractivity contribution in [3.05, 3.63) is 60.7 Å². The van der Waals surface area contributed by atoms with Crippen LogP contribution in [0.3, 0.4) is 0 Å². The van der Waals surface area contributed by atoms with Gasteiger partial charge in [0.1, 0.15) is 42.0 Å². The van der Waals surface area contributed by atoms with Gasteiger partial charge in [0, 0.05) is 5.39 Å². The summed E-state index contributed by atoms with van der Waals surface area (Å²) < 4.78 is 37.7. The Labute approximate surface area is 228 Å². The van der Waals surface area contributed by atoms with Crippen LogP contribution in [0.25, 0.3) is 16.4 Å². The maximum Gasteiger partial charge on any atom is 0.459 e. The number of nitrogens with zero attached hydrogens (tertiary/aromatic N) is 4. The predicted molar refractivity (Wildman–Crippen MR) is 142 cm³/mol. The van der Waals surface area contributed by atoms with Gasteiger partial charge in [-0.3, -0.25) is 9.32 Å². The number of aromatic nitrogens is 4. The van der Waals surface area contributed by atoms with Crippen LogP contribution in [0, 0.1) is 0 Å². The largest absolute Gasteiger partial charge is 0.468 e. The average Bonchev–Trinajstić information content (AvgIpc) is 3.46. The third kappa shape index (κ3) is 5.12. The summed E-state index contributed by atoms with van der Waals surface area (Å²) in [6, 6.07) is 11.4. The van der Waals surface area contributed by atoms with E-state index in [0.29, 0.717) is 11.1 Å². The molecule has 4 aromatic rings. The van der Waals surface area contributed by atoms with Crippen LogP contribution in [0.5, 0.6) is 5.75 Å². The zero-order chi connectivity index (χ0) is 28.7. The molecule has 1 aliphatic heterocycles. The average molecular weight is 573 g/mol. The van der Waals surface area contributed by atoms with Crippen LogP contribution in [-0.4, -0.2) is 73.3 Å². The monoisotopic (exact) mass is 572 g/mol. The number of methoxy groups -OCH3 is 1. The van der Waals surface area contributed by atoms with Crippen molar-refractivity contribution < 1.29 is 38.1 Å². The van der Waals surface area contributed by atoms with E-state index in [1.165, 1.54) is 38.0 Å². The van der Waals surface area contributed by atoms with Gasteiger partial charge in [-0.1, -0.05) is 36.4 Å². The van der Waals surface area contributed by atoms with Gasteiger partial charge in [-0.2, -0.15) is 10.2 Å². The van der Waals surface area contributed by atoms with E-state index in [9.17, 15) is 19.6 Å². The molecule has 0 spiro atoms. The maximum atomic E-state index is 14.0. The summed E-state index contributed by atoms with van der Waals surface area (Å²) >= 11 is 0. The fourth-order valence-electron chi connectivity index (χ4n) is 4.58. The second-order valence-corrected chi connectivity index (χ2v) is 11.2. The summed E-state index contributed by atoms with van der Waals surface area (Å²) in [5.41, 5.74) is 4.60. The van der Waals surface area contributed by atoms with Gasteiger partial charge in [0.25, 0.3) is 0 Å². The van der Waals surface area contributed by atoms with Crippen molar-refractivity contribution in [1.82, 2.24) is 24.7 Å². The highest BCUT2D eigenvalue weighted by Gasteiger charge is 2.54. The molecule has 1 saturated heterocycles. The Bertz CT molecular complexity index is 1590. The topological polar surface area (TPSA) is 193 Å². The fourth-order valence-corrected chi connectivity index (χ4v) is 6.10. The summed E-state index contributed by atoms with van der Waals surface area (Å²) in [6.45, 7) is 2.34. The van der Waals surface area contributed by atoms with Crippen LogP contribution in [0.1, 0.15) is 25.6 Å². The van der Waals surface area contributed by atoms with Gasteiger partial charge in [-0.15, -0.1) is 0 Å². The number of carbonyl (C=O) groups is 1. The lowest BCUT2D eigenvalue weighted by Gasteiger charge is -2.26. The quantitative estimate of drug-likeness (QED) is 0.168. The number of hydrogen-bond acceptors (Lipinski definition) is 12. The van der Waals surface area contributed by atoms with Crippen molar-refractivity contribution in [2.75, 3.05) is 19.5 Å². The summed E-state index contributed by atoms with van der Waals surface area (Å²) in [6.07, 6.45) is -1.12. The fraction of sp³-hybridized carbons (Fsp3) is 0.360. The molecule has 212 valence electrons. The number of aliphatic hydroxyl groups is 2. The van der Waals surface area contributed by atoms with Gasteiger partial charge in [-0.25, -0.2) is 19.0 Å². The number of carbonyl (C=O) groups excluding carboxylic acids is 1. The number of hydrogen-bond donors (Lipinski definition) is 4. The van der Waals surface area contributed by atoms with Gasteiger partial charge in [-0.05, 0) is 25.3 Å². The lowest BCUT2D eigenvalue weighted by atomic mass is 9.91. The number of fused-ring (bicyclic) bond motifs is 2. The molecule has 2 aromatic heterocycles. The van der Waals surface area contributed by atoms with Crippen LogP contribution in [0.4, 0.5) is 5.82 Å². The molecule has 3 heterocycles. The van der Waals surface area contributed by atoms with E-state index in [-0.39, 0.29) is 17.2 Å². The molecule has 0 bridgehead atoms. The van der Waals surface area contributed by atoms with Gasteiger partial charge in [0.2, 0.25) is 0 Å². The molecular formula is C25H29N6O8P. The van der Waals surface area contributed by atoms with Gasteiger partial charge >= 0.3 is 13.7 Å². The predicted octanol–water partition coefficient (Wildman–Crippen LogP) is 1.77. The number of nitrogens with one attached hydrogen (secondary N) is 1. The van der Waals surface area contributed by atoms with E-state index in [1.54, 1.807) is 24.3 Å². The van der Waals surface area contributed by atoms with Gasteiger partial charge in [0.15, 0.2) is 11.5 Å². The molecule has 1 aliphatic rings. The second kappa shape index (κ2) is 10.7. The third-order valence-electron chi connectivity index (χ3n) is 6.70. The molecule has 6 atom stereocenters. The zero-order valence-corrected chi connectivity index (χ0v) is 22.8. The molecule has 1 fully saturated rings. The standard InChI is InChI=1S/C25H29N6O8P/c1-14(24(33)36-3)30-40(35,39-18-10-6-8-15-7-4-5-9-16(15)18)37-12-19-20(32)25(2,34)21(38-19)17-11-27-23-22(26)28-13-29-31(17)23/h4-11,13-14,19-21,32,34H,12H2,1-3H3,(H,30,35)(H2,26,28,29)/t14-,19+,20+,21-,25+,40?/m0/s1. The number of esters is 1. The SMILES string of the molecule is COC(=O)[C@H](C)NP(=O)(OC[C@H]1O[C@@H](c2cnc3c(N)ncnn23)[C@](C)(O)[C@@H]1O)Oc1cccc2ccccc12. The Hall–Kier alpha value is -3.65. The molecule has 40 heavy (non-hydrogen) atoms. The van der Waals surface area contributed by atoms with E-state index in [0.717, 1.165) is 5.39 Å². The first kappa shape index (κ1) is 27.9. The molecular weight excluding hydrogens is 543 g/mol. The molecule has 0 aliphatic carbocycles. The van der Waals surface area contributed by atoms with Crippen LogP contribution in [0.15, 0.2) is 55.0 Å². The minimum absolute atomic E-state index is 0.122. The number of nitrogen functional groups attached to an aromatic ring is 1. The smallest absolute Gasteiger partial charge is 0.459 e. The van der Waals surface area contributed by atoms with Crippen LogP contribution >= 0.6 is 7.75 Å². The summed E-state index contributed by atoms with van der Waals surface area (Å²) in [5, 5.41) is 30.4. The third-order valence-corrected chi connectivity index (χ3v) is 8.33. The number of aliphatic hydroxyl groups excluding tert-OH is 1. The van der Waals surface area contributed by atoms with E-state index in [2.05, 4.69) is 20.2 Å². The Morgan fingerprint density at radius 3 is 2.80 bits per heavy atom. The second-order valence-electron chi connectivity index (χ2n) is 9.52. The van der Waals surface area contributed by atoms with Gasteiger partial charge in [0.05, 0.1) is 25.6 Å². The molecule has 5 rings (SSSR count). The van der Waals surface area contributed by atoms with E-state index >= 15 is 0 Å². The molecule has 0 saturated carbocycles. The highest BCUT2D eigenvalue weighted by Crippen LogP contribution is 2.49. The first-order chi connectivity index (χ1) is 19.0. The van der Waals surface area contributed by atoms with Gasteiger partial charge < -0.3 is 29.9 Å². The Kier molecular flexibility index (Phi) is 7.48. The highest BCUT2D eigenvalue weighted by molar-refractivity contribution is 7.52. The number of nitrogens with two attached hydrogens (primary N) is 1. The molecule has 5 N–H and O–H groups in total. The maximum absolute atomic E-state index is 14.0. The van der Waals surface area contributed by atoms with Crippen molar-refractivity contribution in [3.63, 3.8) is 0 Å². The highest BCUT2D eigenvalue weighted by atomic mass is 31.2. The van der Waals surface area contributed by atoms with Crippen molar-refractivity contribution in [3.8, 4) is 5.75 Å². The number of benzene rings is 2. The number of anilines is 1. The molecule has 2 aromatic carbocycles. The summed E-state index contributed by atoms with van der Waals surface area (Å²) in [7, 11) is -3.10. The Morgan fingerprint density at radius 1 is 1.27 bits per heavy atom. The van der Waals surface area contributed by atoms with Crippen molar-refractivity contribution in [1.29, 1.82) is 0 Å². The van der Waals surface area contributed by atoms with E-state index in [1.807, 2.05) is 18.2 Å². The Morgan fingerprint density at radius 2 is 2.02 bits per heavy atom. The van der Waals surface area contributed by atoms with Crippen molar-refractivity contribution in [2.45, 2.75) is 43.8 Å². The van der Waals surface area contributed by atoms with Crippen LogP contribution in [-0.2, 0) is 23.4 Å². The molecule has 0 amide bonds. The van der Waals surface area contributed by atoms with E-state index in [4.69, 9.17) is 24.3 Å². The minimum atomic E-state index is -4.29. The number of ether oxygens (including phenoxy) is 2. The first-order valence-electron chi connectivity index (χ1n) is 12.3. The normalized spacial score (nSPS) is 25.1. The van der Waals surface area contributed by atoms with Crippen LogP contribution < -0.4 is 15.3 Å². The summed E-state index contributed by atoms with van der Waals surface area (Å²) in [4.78, 5) is 20.2.